The predicted molar refractivity (Wildman–Crippen MR) is 58.7 cm³/mol. The van der Waals surface area contributed by atoms with Gasteiger partial charge >= 0.3 is 0 Å². The summed E-state index contributed by atoms with van der Waals surface area (Å²) in [5, 5.41) is 11.4. The molecule has 0 spiro atoms. The van der Waals surface area contributed by atoms with Gasteiger partial charge in [0.1, 0.15) is 5.69 Å². The molecule has 0 atom stereocenters. The molecule has 0 saturated heterocycles. The number of pyridine rings is 1. The van der Waals surface area contributed by atoms with E-state index in [1.54, 1.807) is 24.8 Å². The molecule has 0 bridgehead atoms. The Hall–Kier alpha value is -2.05. The highest BCUT2D eigenvalue weighted by Gasteiger charge is 2.06. The van der Waals surface area contributed by atoms with Crippen LogP contribution in [0, 0.1) is 0 Å². The lowest BCUT2D eigenvalue weighted by molar-refractivity contribution is 0.175. The fraction of sp³-hybridized carbons (Fsp3) is 0.100. The van der Waals surface area contributed by atoms with E-state index in [0.29, 0.717) is 5.82 Å². The molecule has 2 rings (SSSR count). The first-order chi connectivity index (χ1) is 7.92. The molecule has 82 valence electrons. The van der Waals surface area contributed by atoms with Gasteiger partial charge in [0.15, 0.2) is 5.82 Å². The van der Waals surface area contributed by atoms with Gasteiger partial charge in [-0.3, -0.25) is 9.97 Å². The molecule has 0 aromatic carbocycles. The summed E-state index contributed by atoms with van der Waals surface area (Å²) in [6.45, 7) is 0.205. The molecule has 0 aliphatic carbocycles. The van der Waals surface area contributed by atoms with Gasteiger partial charge in [-0.2, -0.15) is 5.48 Å². The van der Waals surface area contributed by atoms with Crippen molar-refractivity contribution in [3.05, 3.63) is 36.9 Å². The van der Waals surface area contributed by atoms with Crippen LogP contribution in [-0.4, -0.2) is 26.8 Å². The van der Waals surface area contributed by atoms with Crippen LogP contribution < -0.4 is 10.8 Å². The first-order valence-electron chi connectivity index (χ1n) is 4.74. The number of hydrogen-bond donors (Lipinski definition) is 3. The molecular formula is C10H11N5O. The lowest BCUT2D eigenvalue weighted by Gasteiger charge is -2.08. The van der Waals surface area contributed by atoms with Crippen LogP contribution in [0.25, 0.3) is 11.3 Å². The van der Waals surface area contributed by atoms with Crippen LogP contribution in [0.3, 0.4) is 0 Å². The smallest absolute Gasteiger partial charge is 0.153 e. The maximum Gasteiger partial charge on any atom is 0.153 e. The second kappa shape index (κ2) is 5.15. The molecule has 6 nitrogen and oxygen atoms in total. The van der Waals surface area contributed by atoms with Crippen LogP contribution in [0.1, 0.15) is 0 Å². The maximum absolute atomic E-state index is 8.52. The van der Waals surface area contributed by atoms with Crippen molar-refractivity contribution in [3.63, 3.8) is 0 Å². The summed E-state index contributed by atoms with van der Waals surface area (Å²) >= 11 is 0. The number of aromatic nitrogens is 3. The molecule has 2 aromatic heterocycles. The number of nitrogens with one attached hydrogen (secondary N) is 2. The molecule has 0 fully saturated rings. The SMILES string of the molecule is ONCNc1nccnc1-c1ccncc1. The van der Waals surface area contributed by atoms with Crippen molar-refractivity contribution in [1.82, 2.24) is 20.4 Å². The van der Waals surface area contributed by atoms with Crippen molar-refractivity contribution < 1.29 is 5.21 Å². The summed E-state index contributed by atoms with van der Waals surface area (Å²) in [4.78, 5) is 12.3. The second-order valence-corrected chi connectivity index (χ2v) is 3.00. The van der Waals surface area contributed by atoms with Crippen LogP contribution in [0.2, 0.25) is 0 Å². The van der Waals surface area contributed by atoms with Gasteiger partial charge in [-0.25, -0.2) is 4.98 Å². The van der Waals surface area contributed by atoms with Gasteiger partial charge in [0.05, 0.1) is 6.67 Å². The standard InChI is InChI=1S/C10H11N5O/c16-15-7-14-10-9(12-5-6-13-10)8-1-3-11-4-2-8/h1-6,15-16H,7H2,(H,13,14). The summed E-state index contributed by atoms with van der Waals surface area (Å²) in [7, 11) is 0. The summed E-state index contributed by atoms with van der Waals surface area (Å²) in [5.41, 5.74) is 3.65. The Labute approximate surface area is 92.4 Å². The van der Waals surface area contributed by atoms with Crippen molar-refractivity contribution in [2.45, 2.75) is 0 Å². The van der Waals surface area contributed by atoms with Crippen molar-refractivity contribution >= 4 is 5.82 Å². The van der Waals surface area contributed by atoms with Crippen LogP contribution in [0.4, 0.5) is 5.82 Å². The topological polar surface area (TPSA) is 83.0 Å². The average molecular weight is 217 g/mol. The molecule has 0 radical (unpaired) electrons. The van der Waals surface area contributed by atoms with Crippen LogP contribution in [-0.2, 0) is 0 Å². The van der Waals surface area contributed by atoms with Crippen molar-refractivity contribution in [2.75, 3.05) is 12.0 Å². The van der Waals surface area contributed by atoms with E-state index in [-0.39, 0.29) is 6.67 Å². The van der Waals surface area contributed by atoms with Gasteiger partial charge in [0.2, 0.25) is 0 Å². The van der Waals surface area contributed by atoms with E-state index in [1.807, 2.05) is 17.6 Å². The molecule has 0 unspecified atom stereocenters. The number of hydrogen-bond acceptors (Lipinski definition) is 6. The van der Waals surface area contributed by atoms with Crippen molar-refractivity contribution in [1.29, 1.82) is 0 Å². The minimum Gasteiger partial charge on any atom is -0.354 e. The van der Waals surface area contributed by atoms with E-state index >= 15 is 0 Å². The molecule has 0 aliphatic rings. The highest BCUT2D eigenvalue weighted by molar-refractivity contribution is 5.70. The Balaban J connectivity index is 2.33. The molecule has 2 aromatic rings. The monoisotopic (exact) mass is 217 g/mol. The Morgan fingerprint density at radius 3 is 2.56 bits per heavy atom. The molecular weight excluding hydrogens is 206 g/mol. The third kappa shape index (κ3) is 2.30. The Morgan fingerprint density at radius 1 is 1.06 bits per heavy atom. The van der Waals surface area contributed by atoms with Gasteiger partial charge in [0.25, 0.3) is 0 Å². The van der Waals surface area contributed by atoms with Gasteiger partial charge in [-0.15, -0.1) is 0 Å². The lowest BCUT2D eigenvalue weighted by Crippen LogP contribution is -2.18. The van der Waals surface area contributed by atoms with Crippen LogP contribution in [0.15, 0.2) is 36.9 Å². The van der Waals surface area contributed by atoms with E-state index in [2.05, 4.69) is 20.3 Å². The highest BCUT2D eigenvalue weighted by atomic mass is 16.5. The minimum absolute atomic E-state index is 0.205. The number of anilines is 1. The van der Waals surface area contributed by atoms with E-state index in [9.17, 15) is 0 Å². The Kier molecular flexibility index (Phi) is 3.37. The Bertz CT molecular complexity index is 448. The van der Waals surface area contributed by atoms with Gasteiger partial charge < -0.3 is 10.5 Å². The van der Waals surface area contributed by atoms with Gasteiger partial charge in [-0.05, 0) is 12.1 Å². The van der Waals surface area contributed by atoms with Crippen molar-refractivity contribution in [2.24, 2.45) is 0 Å². The average Bonchev–Trinajstić information content (AvgIpc) is 2.38. The fourth-order valence-electron chi connectivity index (χ4n) is 1.31. The molecule has 6 heteroatoms. The van der Waals surface area contributed by atoms with Gasteiger partial charge in [-0.1, -0.05) is 0 Å². The predicted octanol–water partition coefficient (Wildman–Crippen LogP) is 0.887. The zero-order valence-corrected chi connectivity index (χ0v) is 8.46. The second-order valence-electron chi connectivity index (χ2n) is 3.00. The van der Waals surface area contributed by atoms with Crippen LogP contribution >= 0.6 is 0 Å². The summed E-state index contributed by atoms with van der Waals surface area (Å²) in [5.74, 6) is 0.607. The number of rotatable bonds is 4. The summed E-state index contributed by atoms with van der Waals surface area (Å²) in [6, 6.07) is 3.70. The van der Waals surface area contributed by atoms with E-state index < -0.39 is 0 Å². The molecule has 0 amide bonds. The molecule has 2 heterocycles. The number of hydroxylamine groups is 1. The molecule has 16 heavy (non-hydrogen) atoms. The first kappa shape index (κ1) is 10.5. The fourth-order valence-corrected chi connectivity index (χ4v) is 1.31. The zero-order chi connectivity index (χ0) is 11.2. The molecule has 0 aliphatic heterocycles. The Morgan fingerprint density at radius 2 is 1.81 bits per heavy atom. The van der Waals surface area contributed by atoms with E-state index in [1.165, 1.54) is 0 Å². The first-order valence-corrected chi connectivity index (χ1v) is 4.74. The third-order valence-corrected chi connectivity index (χ3v) is 1.99. The lowest BCUT2D eigenvalue weighted by atomic mass is 10.2. The quantitative estimate of drug-likeness (QED) is 0.521. The van der Waals surface area contributed by atoms with Gasteiger partial charge in [0, 0.05) is 30.4 Å². The maximum atomic E-state index is 8.52. The normalized spacial score (nSPS) is 10.1. The zero-order valence-electron chi connectivity index (χ0n) is 8.46. The number of nitrogens with zero attached hydrogens (tertiary/aromatic N) is 3. The molecule has 3 N–H and O–H groups in total. The largest absolute Gasteiger partial charge is 0.354 e. The van der Waals surface area contributed by atoms with E-state index in [0.717, 1.165) is 11.3 Å². The highest BCUT2D eigenvalue weighted by Crippen LogP contribution is 2.21. The van der Waals surface area contributed by atoms with E-state index in [4.69, 9.17) is 5.21 Å². The summed E-state index contributed by atoms with van der Waals surface area (Å²) in [6.07, 6.45) is 6.59. The van der Waals surface area contributed by atoms with Crippen molar-refractivity contribution in [3.8, 4) is 11.3 Å². The van der Waals surface area contributed by atoms with Crippen LogP contribution in [0.5, 0.6) is 0 Å². The molecule has 0 saturated carbocycles. The third-order valence-electron chi connectivity index (χ3n) is 1.99. The summed E-state index contributed by atoms with van der Waals surface area (Å²) < 4.78 is 0. The minimum atomic E-state index is 0.205.